The maximum atomic E-state index is 12.9. The van der Waals surface area contributed by atoms with E-state index in [0.29, 0.717) is 29.2 Å². The summed E-state index contributed by atoms with van der Waals surface area (Å²) in [6.45, 7) is 4.38. The fourth-order valence-corrected chi connectivity index (χ4v) is 4.34. The van der Waals surface area contributed by atoms with Crippen LogP contribution < -0.4 is 10.1 Å². The van der Waals surface area contributed by atoms with E-state index >= 15 is 0 Å². The Morgan fingerprint density at radius 2 is 1.79 bits per heavy atom. The topological polar surface area (TPSA) is 88.4 Å². The first kappa shape index (κ1) is 26.6. The van der Waals surface area contributed by atoms with Gasteiger partial charge >= 0.3 is 5.97 Å². The average molecular weight is 569 g/mol. The van der Waals surface area contributed by atoms with Gasteiger partial charge < -0.3 is 14.8 Å². The van der Waals surface area contributed by atoms with Crippen LogP contribution in [0.4, 0.5) is 5.69 Å². The molecule has 0 aliphatic rings. The number of nitriles is 1. The summed E-state index contributed by atoms with van der Waals surface area (Å²) in [5.41, 5.74) is 3.50. The van der Waals surface area contributed by atoms with Gasteiger partial charge in [-0.15, -0.1) is 0 Å². The van der Waals surface area contributed by atoms with Crippen LogP contribution in [0.3, 0.4) is 0 Å². The Hall–Kier alpha value is -4.41. The quantitative estimate of drug-likeness (QED) is 0.138. The van der Waals surface area contributed by atoms with Gasteiger partial charge in [0, 0.05) is 21.3 Å². The molecule has 0 spiro atoms. The Kier molecular flexibility index (Phi) is 8.57. The minimum absolute atomic E-state index is 0.0937. The molecular formula is C31H25BrN2O4. The number of hydrogen-bond acceptors (Lipinski definition) is 5. The van der Waals surface area contributed by atoms with Crippen molar-refractivity contribution < 1.29 is 19.1 Å². The molecule has 0 saturated carbocycles. The second kappa shape index (κ2) is 12.2. The van der Waals surface area contributed by atoms with Crippen LogP contribution in [0.5, 0.6) is 5.75 Å². The maximum absolute atomic E-state index is 12.9. The van der Waals surface area contributed by atoms with E-state index in [0.717, 1.165) is 26.4 Å². The molecule has 6 nitrogen and oxygen atoms in total. The van der Waals surface area contributed by atoms with E-state index in [9.17, 15) is 14.9 Å². The van der Waals surface area contributed by atoms with Crippen molar-refractivity contribution in [3.63, 3.8) is 0 Å². The first-order chi connectivity index (χ1) is 18.4. The summed E-state index contributed by atoms with van der Waals surface area (Å²) >= 11 is 3.46. The van der Waals surface area contributed by atoms with Crippen LogP contribution in [-0.4, -0.2) is 18.5 Å². The number of benzene rings is 4. The lowest BCUT2D eigenvalue weighted by Gasteiger charge is -2.14. The van der Waals surface area contributed by atoms with Crippen molar-refractivity contribution in [3.05, 3.63) is 111 Å². The van der Waals surface area contributed by atoms with Gasteiger partial charge in [-0.3, -0.25) is 4.79 Å². The van der Waals surface area contributed by atoms with Gasteiger partial charge in [0.15, 0.2) is 0 Å². The van der Waals surface area contributed by atoms with Crippen LogP contribution in [0.15, 0.2) is 88.9 Å². The minimum Gasteiger partial charge on any atom is -0.488 e. The number of aryl methyl sites for hydroxylation is 1. The number of nitrogens with zero attached hydrogens (tertiary/aromatic N) is 1. The average Bonchev–Trinajstić information content (AvgIpc) is 2.92. The molecule has 0 radical (unpaired) electrons. The lowest BCUT2D eigenvalue weighted by atomic mass is 10.0. The number of fused-ring (bicyclic) bond motifs is 1. The number of carbonyl (C=O) groups excluding carboxylic acids is 2. The molecule has 0 heterocycles. The van der Waals surface area contributed by atoms with Crippen LogP contribution in [0, 0.1) is 18.3 Å². The first-order valence-corrected chi connectivity index (χ1v) is 12.8. The van der Waals surface area contributed by atoms with E-state index in [4.69, 9.17) is 9.47 Å². The minimum atomic E-state index is -0.577. The molecule has 0 saturated heterocycles. The molecular weight excluding hydrogens is 544 g/mol. The number of anilines is 1. The summed E-state index contributed by atoms with van der Waals surface area (Å²) in [6.07, 6.45) is 1.50. The highest BCUT2D eigenvalue weighted by molar-refractivity contribution is 9.10. The van der Waals surface area contributed by atoms with E-state index < -0.39 is 11.9 Å². The SMILES string of the molecule is CCOC(=O)c1ccc(NC(=O)/C(C#N)=C/c2cc(Br)ccc2OCc2c(C)ccc3ccccc23)cc1. The molecule has 190 valence electrons. The number of rotatable bonds is 8. The zero-order valence-electron chi connectivity index (χ0n) is 21.0. The third-order valence-corrected chi connectivity index (χ3v) is 6.43. The highest BCUT2D eigenvalue weighted by atomic mass is 79.9. The molecule has 7 heteroatoms. The number of amides is 1. The second-order valence-corrected chi connectivity index (χ2v) is 9.39. The Labute approximate surface area is 229 Å². The number of hydrogen-bond donors (Lipinski definition) is 1. The largest absolute Gasteiger partial charge is 0.488 e. The third kappa shape index (κ3) is 6.28. The zero-order chi connectivity index (χ0) is 27.1. The van der Waals surface area contributed by atoms with Gasteiger partial charge in [-0.1, -0.05) is 52.3 Å². The van der Waals surface area contributed by atoms with Crippen LogP contribution in [0.2, 0.25) is 0 Å². The number of nitrogens with one attached hydrogen (secondary N) is 1. The molecule has 4 aromatic carbocycles. The zero-order valence-corrected chi connectivity index (χ0v) is 22.5. The van der Waals surface area contributed by atoms with Gasteiger partial charge in [-0.25, -0.2) is 4.79 Å². The molecule has 0 fully saturated rings. The van der Waals surface area contributed by atoms with Crippen molar-refractivity contribution in [1.29, 1.82) is 5.26 Å². The molecule has 1 amide bonds. The molecule has 0 unspecified atom stereocenters. The van der Waals surface area contributed by atoms with Gasteiger partial charge in [0.2, 0.25) is 0 Å². The van der Waals surface area contributed by atoms with Gasteiger partial charge in [0.1, 0.15) is 24.0 Å². The van der Waals surface area contributed by atoms with Crippen molar-refractivity contribution >= 4 is 50.3 Å². The summed E-state index contributed by atoms with van der Waals surface area (Å²) in [6, 6.07) is 26.0. The van der Waals surface area contributed by atoms with Crippen molar-refractivity contribution in [2.75, 3.05) is 11.9 Å². The van der Waals surface area contributed by atoms with Crippen LogP contribution in [0.1, 0.15) is 34.0 Å². The highest BCUT2D eigenvalue weighted by Gasteiger charge is 2.14. The van der Waals surface area contributed by atoms with Crippen molar-refractivity contribution in [3.8, 4) is 11.8 Å². The molecule has 38 heavy (non-hydrogen) atoms. The maximum Gasteiger partial charge on any atom is 0.338 e. The normalized spacial score (nSPS) is 11.1. The summed E-state index contributed by atoms with van der Waals surface area (Å²) in [4.78, 5) is 24.7. The molecule has 0 aromatic heterocycles. The number of ether oxygens (including phenoxy) is 2. The van der Waals surface area contributed by atoms with E-state index in [1.807, 2.05) is 31.2 Å². The van der Waals surface area contributed by atoms with Crippen molar-refractivity contribution in [2.24, 2.45) is 0 Å². The van der Waals surface area contributed by atoms with Crippen LogP contribution in [0.25, 0.3) is 16.8 Å². The third-order valence-electron chi connectivity index (χ3n) is 5.94. The number of carbonyl (C=O) groups is 2. The van der Waals surface area contributed by atoms with Gasteiger partial charge in [-0.2, -0.15) is 5.26 Å². The number of esters is 1. The lowest BCUT2D eigenvalue weighted by Crippen LogP contribution is -2.14. The molecule has 0 aliphatic heterocycles. The summed E-state index contributed by atoms with van der Waals surface area (Å²) in [5, 5.41) is 14.7. The predicted molar refractivity (Wildman–Crippen MR) is 152 cm³/mol. The van der Waals surface area contributed by atoms with Crippen molar-refractivity contribution in [1.82, 2.24) is 0 Å². The molecule has 4 rings (SSSR count). The van der Waals surface area contributed by atoms with E-state index in [-0.39, 0.29) is 12.2 Å². The lowest BCUT2D eigenvalue weighted by molar-refractivity contribution is -0.112. The molecule has 4 aromatic rings. The van der Waals surface area contributed by atoms with E-state index in [2.05, 4.69) is 45.5 Å². The Balaban J connectivity index is 1.55. The van der Waals surface area contributed by atoms with Crippen molar-refractivity contribution in [2.45, 2.75) is 20.5 Å². The molecule has 0 bridgehead atoms. The number of halogens is 1. The summed E-state index contributed by atoms with van der Waals surface area (Å²) in [7, 11) is 0. The summed E-state index contributed by atoms with van der Waals surface area (Å²) in [5.74, 6) is -0.476. The fraction of sp³-hybridized carbons (Fsp3) is 0.129. The van der Waals surface area contributed by atoms with Crippen LogP contribution in [-0.2, 0) is 16.1 Å². The molecule has 0 atom stereocenters. The second-order valence-electron chi connectivity index (χ2n) is 8.47. The van der Waals surface area contributed by atoms with Gasteiger partial charge in [-0.05, 0) is 78.7 Å². The smallest absolute Gasteiger partial charge is 0.338 e. The highest BCUT2D eigenvalue weighted by Crippen LogP contribution is 2.29. The Morgan fingerprint density at radius 1 is 1.03 bits per heavy atom. The first-order valence-electron chi connectivity index (χ1n) is 12.0. The van der Waals surface area contributed by atoms with E-state index in [1.54, 1.807) is 43.3 Å². The standard InChI is InChI=1S/C31H25BrN2O4/c1-3-37-31(36)22-10-13-26(14-11-22)34-30(35)24(18-33)16-23-17-25(32)12-15-29(23)38-19-28-20(2)8-9-21-6-4-5-7-27(21)28/h4-17H,3,19H2,1-2H3,(H,34,35)/b24-16+. The predicted octanol–water partition coefficient (Wildman–Crippen LogP) is 7.21. The molecule has 0 aliphatic carbocycles. The monoisotopic (exact) mass is 568 g/mol. The summed E-state index contributed by atoms with van der Waals surface area (Å²) < 4.78 is 12.0. The van der Waals surface area contributed by atoms with Gasteiger partial charge in [0.25, 0.3) is 5.91 Å². The molecule has 1 N–H and O–H groups in total. The van der Waals surface area contributed by atoms with Crippen LogP contribution >= 0.6 is 15.9 Å². The van der Waals surface area contributed by atoms with Gasteiger partial charge in [0.05, 0.1) is 12.2 Å². The van der Waals surface area contributed by atoms with E-state index in [1.165, 1.54) is 6.08 Å². The Bertz CT molecular complexity index is 1570. The fourth-order valence-electron chi connectivity index (χ4n) is 3.96. The Morgan fingerprint density at radius 3 is 2.53 bits per heavy atom.